The minimum Gasteiger partial charge on any atom is -0.487 e. The maximum atomic E-state index is 12.7. The van der Waals surface area contributed by atoms with Gasteiger partial charge in [0, 0.05) is 5.56 Å². The monoisotopic (exact) mass is 602 g/mol. The molecule has 1 aromatic carbocycles. The molecule has 3 unspecified atom stereocenters. The highest BCUT2D eigenvalue weighted by molar-refractivity contribution is 5.80. The Hall–Kier alpha value is -2.08. The molecule has 0 saturated heterocycles. The summed E-state index contributed by atoms with van der Waals surface area (Å²) in [5.74, 6) is 2.91. The van der Waals surface area contributed by atoms with Crippen LogP contribution in [0.2, 0.25) is 0 Å². The van der Waals surface area contributed by atoms with Crippen LogP contribution in [-0.4, -0.2) is 34.9 Å². The molecule has 0 aromatic heterocycles. The van der Waals surface area contributed by atoms with E-state index in [2.05, 4.69) is 34.6 Å². The van der Waals surface area contributed by atoms with E-state index in [0.717, 1.165) is 65.0 Å². The summed E-state index contributed by atoms with van der Waals surface area (Å²) in [5.41, 5.74) is 2.79. The molecule has 0 saturated carbocycles. The topological polar surface area (TPSA) is 82.1 Å². The van der Waals surface area contributed by atoms with Gasteiger partial charge in [-0.25, -0.2) is 0 Å². The van der Waals surface area contributed by atoms with Gasteiger partial charge in [-0.3, -0.25) is 9.59 Å². The third kappa shape index (κ3) is 12.1. The van der Waals surface area contributed by atoms with Crippen LogP contribution in [-0.2, 0) is 20.7 Å². The first kappa shape index (κ1) is 37.1. The fourth-order valence-corrected chi connectivity index (χ4v) is 6.17. The van der Waals surface area contributed by atoms with Crippen LogP contribution in [0.25, 0.3) is 0 Å². The normalized spacial score (nSPS) is 18.1. The number of ether oxygens (including phenoxy) is 3. The minimum absolute atomic E-state index is 0.0837. The predicted molar refractivity (Wildman–Crippen MR) is 175 cm³/mol. The number of esters is 2. The van der Waals surface area contributed by atoms with Crippen LogP contribution in [0.3, 0.4) is 0 Å². The lowest BCUT2D eigenvalue weighted by Gasteiger charge is -2.38. The fraction of sp³-hybridized carbons (Fsp3) is 0.784. The Balaban J connectivity index is 1.88. The van der Waals surface area contributed by atoms with Crippen LogP contribution < -0.4 is 9.47 Å². The Morgan fingerprint density at radius 1 is 0.860 bits per heavy atom. The van der Waals surface area contributed by atoms with Gasteiger partial charge in [0.2, 0.25) is 0 Å². The van der Waals surface area contributed by atoms with Gasteiger partial charge in [0.05, 0.1) is 19.4 Å². The molecule has 2 rings (SSSR count). The highest BCUT2D eigenvalue weighted by Crippen LogP contribution is 2.45. The summed E-state index contributed by atoms with van der Waals surface area (Å²) < 4.78 is 17.8. The number of benzene rings is 1. The molecule has 1 heterocycles. The zero-order valence-electron chi connectivity index (χ0n) is 29.1. The van der Waals surface area contributed by atoms with E-state index in [1.54, 1.807) is 13.8 Å². The Kier molecular flexibility index (Phi) is 14.5. The number of carbonyl (C=O) groups is 2. The summed E-state index contributed by atoms with van der Waals surface area (Å²) in [6.07, 6.45) is 13.2. The van der Waals surface area contributed by atoms with Crippen molar-refractivity contribution in [1.82, 2.24) is 0 Å². The smallest absolute Gasteiger partial charge is 0.311 e. The fourth-order valence-electron chi connectivity index (χ4n) is 6.17. The molecule has 1 aliphatic heterocycles. The van der Waals surface area contributed by atoms with Crippen molar-refractivity contribution in [2.75, 3.05) is 6.61 Å². The molecule has 0 spiro atoms. The Bertz CT molecular complexity index is 1060. The van der Waals surface area contributed by atoms with Gasteiger partial charge in [-0.15, -0.1) is 0 Å². The van der Waals surface area contributed by atoms with Crippen molar-refractivity contribution in [2.45, 2.75) is 164 Å². The van der Waals surface area contributed by atoms with Crippen molar-refractivity contribution < 1.29 is 28.9 Å². The Morgan fingerprint density at radius 3 is 2.00 bits per heavy atom. The zero-order chi connectivity index (χ0) is 32.4. The third-order valence-corrected chi connectivity index (χ3v) is 9.36. The summed E-state index contributed by atoms with van der Waals surface area (Å²) >= 11 is 0. The van der Waals surface area contributed by atoms with Crippen LogP contribution in [0, 0.1) is 38.5 Å². The molecule has 1 aliphatic rings. The molecule has 0 bridgehead atoms. The second kappa shape index (κ2) is 16.8. The molecule has 1 aromatic rings. The first-order valence-electron chi connectivity index (χ1n) is 16.9. The van der Waals surface area contributed by atoms with Gasteiger partial charge in [-0.2, -0.15) is 0 Å². The average molecular weight is 603 g/mol. The van der Waals surface area contributed by atoms with E-state index < -0.39 is 17.5 Å². The number of rotatable bonds is 18. The number of aliphatic hydroxyl groups is 1. The SMILES string of the molecule is Cc1c(C)c2c(c(C)c1OC(=O)CCC(=O)OC(C)(C)CO)CCC(C)(CCCC(C)CCCC(C)CCCC(C)C)O2. The molecule has 246 valence electrons. The molecule has 6 nitrogen and oxygen atoms in total. The van der Waals surface area contributed by atoms with Gasteiger partial charge in [-0.05, 0) is 102 Å². The van der Waals surface area contributed by atoms with Crippen LogP contribution in [0.4, 0.5) is 0 Å². The van der Waals surface area contributed by atoms with E-state index in [1.807, 2.05) is 20.8 Å². The highest BCUT2D eigenvalue weighted by Gasteiger charge is 2.35. The van der Waals surface area contributed by atoms with Crippen LogP contribution in [0.15, 0.2) is 0 Å². The van der Waals surface area contributed by atoms with E-state index in [0.29, 0.717) is 5.75 Å². The molecule has 0 fully saturated rings. The van der Waals surface area contributed by atoms with Gasteiger partial charge >= 0.3 is 11.9 Å². The molecule has 43 heavy (non-hydrogen) atoms. The number of fused-ring (bicyclic) bond motifs is 1. The van der Waals surface area contributed by atoms with Crippen molar-refractivity contribution in [1.29, 1.82) is 0 Å². The first-order chi connectivity index (χ1) is 20.1. The minimum atomic E-state index is -0.971. The predicted octanol–water partition coefficient (Wildman–Crippen LogP) is 9.13. The van der Waals surface area contributed by atoms with Crippen LogP contribution in [0.1, 0.15) is 148 Å². The quantitative estimate of drug-likeness (QED) is 0.133. The maximum absolute atomic E-state index is 12.7. The van der Waals surface area contributed by atoms with E-state index in [4.69, 9.17) is 14.2 Å². The number of aliphatic hydroxyl groups excluding tert-OH is 1. The summed E-state index contributed by atoms with van der Waals surface area (Å²) in [7, 11) is 0. The molecular weight excluding hydrogens is 540 g/mol. The molecular formula is C37H62O6. The molecule has 1 N–H and O–H groups in total. The molecule has 3 atom stereocenters. The molecule has 0 amide bonds. The highest BCUT2D eigenvalue weighted by atomic mass is 16.6. The van der Waals surface area contributed by atoms with Gasteiger partial charge in [-0.1, -0.05) is 72.6 Å². The van der Waals surface area contributed by atoms with Gasteiger partial charge in [0.1, 0.15) is 22.7 Å². The second-order valence-corrected chi connectivity index (χ2v) is 14.8. The van der Waals surface area contributed by atoms with E-state index in [1.165, 1.54) is 51.4 Å². The lowest BCUT2D eigenvalue weighted by molar-refractivity contribution is -0.161. The Labute approximate surface area is 262 Å². The molecule has 0 aliphatic carbocycles. The number of carbonyl (C=O) groups excluding carboxylic acids is 2. The second-order valence-electron chi connectivity index (χ2n) is 14.8. The van der Waals surface area contributed by atoms with Crippen molar-refractivity contribution in [3.63, 3.8) is 0 Å². The molecule has 6 heteroatoms. The van der Waals surface area contributed by atoms with E-state index in [-0.39, 0.29) is 25.0 Å². The number of hydrogen-bond acceptors (Lipinski definition) is 6. The third-order valence-electron chi connectivity index (χ3n) is 9.36. The lowest BCUT2D eigenvalue weighted by Crippen LogP contribution is -2.37. The van der Waals surface area contributed by atoms with Crippen molar-refractivity contribution in [3.8, 4) is 11.5 Å². The molecule has 0 radical (unpaired) electrons. The van der Waals surface area contributed by atoms with Gasteiger partial charge in [0.25, 0.3) is 0 Å². The van der Waals surface area contributed by atoms with E-state index >= 15 is 0 Å². The van der Waals surface area contributed by atoms with Gasteiger partial charge in [0.15, 0.2) is 0 Å². The van der Waals surface area contributed by atoms with E-state index in [9.17, 15) is 14.7 Å². The van der Waals surface area contributed by atoms with Crippen molar-refractivity contribution in [3.05, 3.63) is 22.3 Å². The first-order valence-corrected chi connectivity index (χ1v) is 16.9. The van der Waals surface area contributed by atoms with Crippen LogP contribution >= 0.6 is 0 Å². The summed E-state index contributed by atoms with van der Waals surface area (Å²) in [4.78, 5) is 24.8. The average Bonchev–Trinajstić information content (AvgIpc) is 2.92. The largest absolute Gasteiger partial charge is 0.487 e. The number of hydrogen-bond donors (Lipinski definition) is 1. The van der Waals surface area contributed by atoms with Gasteiger partial charge < -0.3 is 19.3 Å². The summed E-state index contributed by atoms with van der Waals surface area (Å²) in [5, 5.41) is 9.29. The summed E-state index contributed by atoms with van der Waals surface area (Å²) in [6.45, 7) is 20.7. The standard InChI is InChI=1S/C37H62O6/c1-25(2)14-11-15-26(3)16-12-17-27(4)18-13-22-37(10)23-21-31-30(7)34(28(5)29(6)35(31)43-37)41-32(39)19-20-33(40)42-36(8,9)24-38/h25-27,38H,11-24H2,1-10H3. The maximum Gasteiger partial charge on any atom is 0.311 e. The van der Waals surface area contributed by atoms with Crippen LogP contribution in [0.5, 0.6) is 11.5 Å². The van der Waals surface area contributed by atoms with Crippen molar-refractivity contribution >= 4 is 11.9 Å². The summed E-state index contributed by atoms with van der Waals surface area (Å²) in [6, 6.07) is 0. The Morgan fingerprint density at radius 2 is 1.42 bits per heavy atom. The van der Waals surface area contributed by atoms with Crippen molar-refractivity contribution in [2.24, 2.45) is 17.8 Å². The zero-order valence-corrected chi connectivity index (χ0v) is 29.1. The lowest BCUT2D eigenvalue weighted by atomic mass is 9.83.